The summed E-state index contributed by atoms with van der Waals surface area (Å²) < 4.78 is 0. The molecule has 0 aliphatic carbocycles. The third kappa shape index (κ3) is 2.76. The van der Waals surface area contributed by atoms with Crippen molar-refractivity contribution in [1.82, 2.24) is 0 Å². The van der Waals surface area contributed by atoms with Crippen LogP contribution in [0.25, 0.3) is 0 Å². The summed E-state index contributed by atoms with van der Waals surface area (Å²) in [5.41, 5.74) is 2.00. The number of aromatic carboxylic acids is 1. The topological polar surface area (TPSA) is 57.5 Å². The molecule has 19 heavy (non-hydrogen) atoms. The molecule has 3 nitrogen and oxygen atoms in total. The normalized spacial score (nSPS) is 12.1. The van der Waals surface area contributed by atoms with E-state index in [1.807, 2.05) is 30.3 Å². The monoisotopic (exact) mass is 256 g/mol. The minimum atomic E-state index is -1.11. The molecule has 0 spiro atoms. The maximum atomic E-state index is 11.1. The maximum absolute atomic E-state index is 11.1. The van der Waals surface area contributed by atoms with Crippen LogP contribution in [0.1, 0.15) is 40.7 Å². The van der Waals surface area contributed by atoms with Crippen LogP contribution in [0.4, 0.5) is 0 Å². The van der Waals surface area contributed by atoms with Gasteiger partial charge in [-0.05, 0) is 29.7 Å². The second-order valence-corrected chi connectivity index (χ2v) is 4.45. The van der Waals surface area contributed by atoms with Crippen LogP contribution in [0.5, 0.6) is 5.75 Å². The summed E-state index contributed by atoms with van der Waals surface area (Å²) in [4.78, 5) is 11.1. The molecule has 0 aliphatic rings. The highest BCUT2D eigenvalue weighted by Crippen LogP contribution is 2.30. The van der Waals surface area contributed by atoms with E-state index in [0.717, 1.165) is 17.5 Å². The fourth-order valence-corrected chi connectivity index (χ4v) is 2.29. The first kappa shape index (κ1) is 13.1. The van der Waals surface area contributed by atoms with E-state index >= 15 is 0 Å². The molecule has 0 aromatic heterocycles. The molecule has 0 saturated heterocycles. The Bertz CT molecular complexity index is 576. The Balaban J connectivity index is 2.45. The molecule has 0 heterocycles. The minimum absolute atomic E-state index is 0.0492. The molecule has 1 atom stereocenters. The van der Waals surface area contributed by atoms with Crippen molar-refractivity contribution in [2.75, 3.05) is 0 Å². The van der Waals surface area contributed by atoms with Crippen molar-refractivity contribution in [1.29, 1.82) is 0 Å². The quantitative estimate of drug-likeness (QED) is 0.878. The summed E-state index contributed by atoms with van der Waals surface area (Å²) in [7, 11) is 0. The van der Waals surface area contributed by atoms with E-state index in [0.29, 0.717) is 0 Å². The zero-order valence-corrected chi connectivity index (χ0v) is 10.7. The second kappa shape index (κ2) is 5.57. The molecular weight excluding hydrogens is 240 g/mol. The first-order valence-electron chi connectivity index (χ1n) is 6.24. The number of benzene rings is 2. The number of carbonyl (C=O) groups is 1. The van der Waals surface area contributed by atoms with Crippen LogP contribution in [0.15, 0.2) is 48.5 Å². The SMILES string of the molecule is CCC(c1ccccc1)c1ccc(O)c(C(=O)O)c1. The average Bonchev–Trinajstić information content (AvgIpc) is 2.42. The van der Waals surface area contributed by atoms with Crippen LogP contribution in [0.2, 0.25) is 0 Å². The summed E-state index contributed by atoms with van der Waals surface area (Å²) in [5.74, 6) is -1.17. The molecule has 98 valence electrons. The smallest absolute Gasteiger partial charge is 0.339 e. The summed E-state index contributed by atoms with van der Waals surface area (Å²) in [6.45, 7) is 2.06. The van der Waals surface area contributed by atoms with Gasteiger partial charge in [0.15, 0.2) is 0 Å². The van der Waals surface area contributed by atoms with E-state index in [1.165, 1.54) is 6.07 Å². The highest BCUT2D eigenvalue weighted by atomic mass is 16.4. The van der Waals surface area contributed by atoms with E-state index in [4.69, 9.17) is 5.11 Å². The van der Waals surface area contributed by atoms with Crippen LogP contribution in [0.3, 0.4) is 0 Å². The van der Waals surface area contributed by atoms with Crippen LogP contribution in [-0.4, -0.2) is 16.2 Å². The van der Waals surface area contributed by atoms with Crippen LogP contribution >= 0.6 is 0 Å². The molecule has 0 aliphatic heterocycles. The summed E-state index contributed by atoms with van der Waals surface area (Å²) >= 11 is 0. The van der Waals surface area contributed by atoms with E-state index in [2.05, 4.69) is 6.92 Å². The molecule has 3 heteroatoms. The van der Waals surface area contributed by atoms with Crippen molar-refractivity contribution in [3.8, 4) is 5.75 Å². The first-order chi connectivity index (χ1) is 9.13. The van der Waals surface area contributed by atoms with Crippen molar-refractivity contribution in [3.05, 3.63) is 65.2 Å². The number of carboxylic acids is 1. The number of phenols is 1. The van der Waals surface area contributed by atoms with Gasteiger partial charge < -0.3 is 10.2 Å². The van der Waals surface area contributed by atoms with Gasteiger partial charge >= 0.3 is 5.97 Å². The van der Waals surface area contributed by atoms with E-state index in [9.17, 15) is 9.90 Å². The van der Waals surface area contributed by atoms with Crippen LogP contribution < -0.4 is 0 Å². The standard InChI is InChI=1S/C16H16O3/c1-2-13(11-6-4-3-5-7-11)12-8-9-15(17)14(10-12)16(18)19/h3-10,13,17H,2H2,1H3,(H,18,19). The van der Waals surface area contributed by atoms with Crippen LogP contribution in [0, 0.1) is 0 Å². The van der Waals surface area contributed by atoms with Crippen molar-refractivity contribution in [2.45, 2.75) is 19.3 Å². The summed E-state index contributed by atoms with van der Waals surface area (Å²) in [6.07, 6.45) is 0.869. The van der Waals surface area contributed by atoms with E-state index in [-0.39, 0.29) is 17.2 Å². The van der Waals surface area contributed by atoms with Crippen molar-refractivity contribution in [3.63, 3.8) is 0 Å². The van der Waals surface area contributed by atoms with Crippen molar-refractivity contribution >= 4 is 5.97 Å². The fourth-order valence-electron chi connectivity index (χ4n) is 2.29. The molecule has 0 amide bonds. The number of hydrogen-bond donors (Lipinski definition) is 2. The molecule has 0 fully saturated rings. The van der Waals surface area contributed by atoms with Gasteiger partial charge in [0.1, 0.15) is 11.3 Å². The molecule has 2 aromatic rings. The number of aromatic hydroxyl groups is 1. The number of rotatable bonds is 4. The van der Waals surface area contributed by atoms with Gasteiger partial charge in [0.05, 0.1) is 0 Å². The zero-order chi connectivity index (χ0) is 13.8. The minimum Gasteiger partial charge on any atom is -0.507 e. The Kier molecular flexibility index (Phi) is 3.85. The Labute approximate surface area is 112 Å². The van der Waals surface area contributed by atoms with Gasteiger partial charge in [-0.2, -0.15) is 0 Å². The van der Waals surface area contributed by atoms with E-state index in [1.54, 1.807) is 12.1 Å². The van der Waals surface area contributed by atoms with Gasteiger partial charge in [0.2, 0.25) is 0 Å². The maximum Gasteiger partial charge on any atom is 0.339 e. The van der Waals surface area contributed by atoms with Gasteiger partial charge in [-0.15, -0.1) is 0 Å². The van der Waals surface area contributed by atoms with Gasteiger partial charge in [-0.1, -0.05) is 43.3 Å². The lowest BCUT2D eigenvalue weighted by Crippen LogP contribution is -2.03. The van der Waals surface area contributed by atoms with Crippen molar-refractivity contribution < 1.29 is 15.0 Å². The summed E-state index contributed by atoms with van der Waals surface area (Å²) in [5, 5.41) is 18.6. The number of hydrogen-bond acceptors (Lipinski definition) is 2. The molecule has 0 bridgehead atoms. The van der Waals surface area contributed by atoms with E-state index < -0.39 is 5.97 Å². The Morgan fingerprint density at radius 2 is 1.79 bits per heavy atom. The van der Waals surface area contributed by atoms with Gasteiger partial charge in [0, 0.05) is 5.92 Å². The Hall–Kier alpha value is -2.29. The van der Waals surface area contributed by atoms with Gasteiger partial charge in [0.25, 0.3) is 0 Å². The number of carboxylic acid groups (broad SMARTS) is 1. The third-order valence-corrected chi connectivity index (χ3v) is 3.26. The predicted molar refractivity (Wildman–Crippen MR) is 73.6 cm³/mol. The Morgan fingerprint density at radius 3 is 2.37 bits per heavy atom. The summed E-state index contributed by atoms with van der Waals surface area (Å²) in [6, 6.07) is 14.7. The molecule has 2 rings (SSSR count). The lowest BCUT2D eigenvalue weighted by Gasteiger charge is -2.16. The lowest BCUT2D eigenvalue weighted by atomic mass is 9.88. The molecule has 2 aromatic carbocycles. The lowest BCUT2D eigenvalue weighted by molar-refractivity contribution is 0.0693. The van der Waals surface area contributed by atoms with Crippen LogP contribution in [-0.2, 0) is 0 Å². The molecule has 2 N–H and O–H groups in total. The molecule has 1 unspecified atom stereocenters. The third-order valence-electron chi connectivity index (χ3n) is 3.26. The largest absolute Gasteiger partial charge is 0.507 e. The van der Waals surface area contributed by atoms with Crippen molar-refractivity contribution in [2.24, 2.45) is 0 Å². The Morgan fingerprint density at radius 1 is 1.11 bits per heavy atom. The van der Waals surface area contributed by atoms with Gasteiger partial charge in [-0.3, -0.25) is 0 Å². The molecule has 0 saturated carbocycles. The highest BCUT2D eigenvalue weighted by Gasteiger charge is 2.16. The van der Waals surface area contributed by atoms with Gasteiger partial charge in [-0.25, -0.2) is 4.79 Å². The molecule has 0 radical (unpaired) electrons. The first-order valence-corrected chi connectivity index (χ1v) is 6.24. The zero-order valence-electron chi connectivity index (χ0n) is 10.7. The molecular formula is C16H16O3. The predicted octanol–water partition coefficient (Wildman–Crippen LogP) is 3.63. The fraction of sp³-hybridized carbons (Fsp3) is 0.188. The average molecular weight is 256 g/mol. The second-order valence-electron chi connectivity index (χ2n) is 4.45. The highest BCUT2D eigenvalue weighted by molar-refractivity contribution is 5.91.